The van der Waals surface area contributed by atoms with Crippen molar-refractivity contribution >= 4 is 16.0 Å². The van der Waals surface area contributed by atoms with Crippen molar-refractivity contribution in [2.24, 2.45) is 0 Å². The van der Waals surface area contributed by atoms with Crippen LogP contribution in [0.4, 0.5) is 0 Å². The Kier molecular flexibility index (Phi) is 5.77. The maximum atomic E-state index is 11.3. The van der Waals surface area contributed by atoms with E-state index in [1.807, 2.05) is 0 Å². The molecular weight excluding hydrogens is 220 g/mol. The largest absolute Gasteiger partial charge is 0.468 e. The van der Waals surface area contributed by atoms with E-state index in [1.165, 1.54) is 21.2 Å². The molecule has 0 spiro atoms. The topological polar surface area (TPSA) is 75.7 Å². The molecule has 0 aliphatic rings. The molecule has 0 aromatic carbocycles. The number of hydrogen-bond acceptors (Lipinski definition) is 5. The minimum absolute atomic E-state index is 0.0403. The van der Waals surface area contributed by atoms with Gasteiger partial charge in [0.25, 0.3) is 0 Å². The predicted octanol–water partition coefficient (Wildman–Crippen LogP) is -0.971. The lowest BCUT2D eigenvalue weighted by Gasteiger charge is -2.14. The Labute approximate surface area is 90.6 Å². The molecule has 0 aliphatic heterocycles. The number of sulfonamides is 1. The van der Waals surface area contributed by atoms with Crippen molar-refractivity contribution in [3.8, 4) is 0 Å². The number of nitrogens with one attached hydrogen (secondary N) is 1. The van der Waals surface area contributed by atoms with Crippen LogP contribution in [-0.2, 0) is 19.6 Å². The number of carbonyl (C=O) groups is 1. The third-order valence-corrected chi connectivity index (χ3v) is 3.75. The predicted molar refractivity (Wildman–Crippen MR) is 57.0 cm³/mol. The summed E-state index contributed by atoms with van der Waals surface area (Å²) in [6.07, 6.45) is 0. The highest BCUT2D eigenvalue weighted by Gasteiger charge is 2.16. The number of hydrogen-bond donors (Lipinski definition) is 1. The normalized spacial score (nSPS) is 13.9. The molecule has 1 N–H and O–H groups in total. The average Bonchev–Trinajstić information content (AvgIpc) is 2.15. The highest BCUT2D eigenvalue weighted by molar-refractivity contribution is 7.89. The summed E-state index contributed by atoms with van der Waals surface area (Å²) in [5, 5.41) is 2.76. The lowest BCUT2D eigenvalue weighted by Crippen LogP contribution is -2.39. The fourth-order valence-electron chi connectivity index (χ4n) is 0.847. The van der Waals surface area contributed by atoms with Gasteiger partial charge in [-0.2, -0.15) is 0 Å². The van der Waals surface area contributed by atoms with Gasteiger partial charge in [0.15, 0.2) is 0 Å². The van der Waals surface area contributed by atoms with Gasteiger partial charge in [-0.25, -0.2) is 12.7 Å². The molecule has 0 radical (unpaired) electrons. The molecule has 1 unspecified atom stereocenters. The maximum absolute atomic E-state index is 11.3. The monoisotopic (exact) mass is 238 g/mol. The second-order valence-corrected chi connectivity index (χ2v) is 5.60. The number of carbonyl (C=O) groups excluding carboxylic acids is 1. The van der Waals surface area contributed by atoms with Gasteiger partial charge in [-0.05, 0) is 6.92 Å². The summed E-state index contributed by atoms with van der Waals surface area (Å²) in [5.41, 5.74) is 0. The molecule has 1 atom stereocenters. The van der Waals surface area contributed by atoms with E-state index >= 15 is 0 Å². The second-order valence-electron chi connectivity index (χ2n) is 3.30. The third kappa shape index (κ3) is 5.10. The third-order valence-electron chi connectivity index (χ3n) is 1.92. The number of nitrogens with zero attached hydrogens (tertiary/aromatic N) is 1. The highest BCUT2D eigenvalue weighted by Crippen LogP contribution is 1.93. The van der Waals surface area contributed by atoms with Crippen LogP contribution in [-0.4, -0.2) is 58.2 Å². The summed E-state index contributed by atoms with van der Waals surface area (Å²) < 4.78 is 28.3. The Morgan fingerprint density at radius 3 is 2.40 bits per heavy atom. The molecule has 0 saturated heterocycles. The molecule has 0 saturated carbocycles. The van der Waals surface area contributed by atoms with Crippen molar-refractivity contribution in [3.63, 3.8) is 0 Å². The van der Waals surface area contributed by atoms with Crippen LogP contribution in [0, 0.1) is 0 Å². The standard InChI is InChI=1S/C8H18N2O4S/c1-7(8(11)14-4)9-5-6-15(12,13)10(2)3/h7,9H,5-6H2,1-4H3. The number of methoxy groups -OCH3 is 1. The van der Waals surface area contributed by atoms with Crippen LogP contribution in [0.5, 0.6) is 0 Å². The first kappa shape index (κ1) is 14.3. The van der Waals surface area contributed by atoms with Gasteiger partial charge in [-0.3, -0.25) is 4.79 Å². The average molecular weight is 238 g/mol. The molecule has 90 valence electrons. The van der Waals surface area contributed by atoms with Gasteiger partial charge >= 0.3 is 5.97 Å². The van der Waals surface area contributed by atoms with E-state index in [2.05, 4.69) is 10.1 Å². The molecule has 0 amide bonds. The van der Waals surface area contributed by atoms with Crippen molar-refractivity contribution in [3.05, 3.63) is 0 Å². The summed E-state index contributed by atoms with van der Waals surface area (Å²) in [5.74, 6) is -0.446. The summed E-state index contributed by atoms with van der Waals surface area (Å²) in [4.78, 5) is 11.0. The first-order valence-electron chi connectivity index (χ1n) is 4.52. The molecule has 15 heavy (non-hydrogen) atoms. The smallest absolute Gasteiger partial charge is 0.322 e. The van der Waals surface area contributed by atoms with Crippen molar-refractivity contribution in [1.82, 2.24) is 9.62 Å². The highest BCUT2D eigenvalue weighted by atomic mass is 32.2. The first-order valence-corrected chi connectivity index (χ1v) is 6.13. The molecular formula is C8H18N2O4S. The quantitative estimate of drug-likeness (QED) is 0.602. The molecule has 0 aliphatic carbocycles. The Hall–Kier alpha value is -0.660. The van der Waals surface area contributed by atoms with Gasteiger partial charge in [0.1, 0.15) is 6.04 Å². The molecule has 0 aromatic heterocycles. The molecule has 0 aromatic rings. The Morgan fingerprint density at radius 1 is 1.47 bits per heavy atom. The van der Waals surface area contributed by atoms with Gasteiger partial charge in [-0.15, -0.1) is 0 Å². The van der Waals surface area contributed by atoms with Gasteiger partial charge in [0.05, 0.1) is 12.9 Å². The zero-order valence-corrected chi connectivity index (χ0v) is 10.3. The molecule has 0 heterocycles. The summed E-state index contributed by atoms with van der Waals surface area (Å²) in [7, 11) is 1.02. The molecule has 6 nitrogen and oxygen atoms in total. The molecule has 0 fully saturated rings. The molecule has 7 heteroatoms. The van der Waals surface area contributed by atoms with Crippen LogP contribution >= 0.6 is 0 Å². The minimum atomic E-state index is -3.21. The van der Waals surface area contributed by atoms with E-state index < -0.39 is 22.0 Å². The fraction of sp³-hybridized carbons (Fsp3) is 0.875. The zero-order chi connectivity index (χ0) is 12.1. The van der Waals surface area contributed by atoms with Crippen molar-refractivity contribution in [2.75, 3.05) is 33.5 Å². The summed E-state index contributed by atoms with van der Waals surface area (Å²) in [6.45, 7) is 1.84. The second kappa shape index (κ2) is 6.04. The van der Waals surface area contributed by atoms with Crippen molar-refractivity contribution < 1.29 is 17.9 Å². The van der Waals surface area contributed by atoms with Crippen LogP contribution in [0.3, 0.4) is 0 Å². The van der Waals surface area contributed by atoms with Crippen LogP contribution in [0.15, 0.2) is 0 Å². The van der Waals surface area contributed by atoms with Gasteiger partial charge in [0, 0.05) is 20.6 Å². The van der Waals surface area contributed by atoms with E-state index in [4.69, 9.17) is 0 Å². The first-order chi connectivity index (χ1) is 6.81. The van der Waals surface area contributed by atoms with E-state index in [-0.39, 0.29) is 12.3 Å². The van der Waals surface area contributed by atoms with Crippen LogP contribution < -0.4 is 5.32 Å². The lowest BCUT2D eigenvalue weighted by molar-refractivity contribution is -0.142. The van der Waals surface area contributed by atoms with E-state index in [0.717, 1.165) is 4.31 Å². The Morgan fingerprint density at radius 2 is 2.00 bits per heavy atom. The van der Waals surface area contributed by atoms with E-state index in [9.17, 15) is 13.2 Å². The Balaban J connectivity index is 3.95. The maximum Gasteiger partial charge on any atom is 0.322 e. The summed E-state index contributed by atoms with van der Waals surface area (Å²) in [6, 6.07) is -0.493. The SMILES string of the molecule is COC(=O)C(C)NCCS(=O)(=O)N(C)C. The van der Waals surface area contributed by atoms with Crippen LogP contribution in [0.1, 0.15) is 6.92 Å². The van der Waals surface area contributed by atoms with Crippen molar-refractivity contribution in [2.45, 2.75) is 13.0 Å². The summed E-state index contributed by atoms with van der Waals surface area (Å²) >= 11 is 0. The van der Waals surface area contributed by atoms with Crippen molar-refractivity contribution in [1.29, 1.82) is 0 Å². The van der Waals surface area contributed by atoms with Crippen LogP contribution in [0.2, 0.25) is 0 Å². The van der Waals surface area contributed by atoms with E-state index in [0.29, 0.717) is 0 Å². The number of esters is 1. The van der Waals surface area contributed by atoms with Gasteiger partial charge in [-0.1, -0.05) is 0 Å². The lowest BCUT2D eigenvalue weighted by atomic mass is 10.3. The Bertz CT molecular complexity index is 300. The number of ether oxygens (including phenoxy) is 1. The molecule has 0 rings (SSSR count). The van der Waals surface area contributed by atoms with E-state index in [1.54, 1.807) is 6.92 Å². The van der Waals surface area contributed by atoms with Gasteiger partial charge in [0.2, 0.25) is 10.0 Å². The zero-order valence-electron chi connectivity index (χ0n) is 9.48. The number of rotatable bonds is 6. The van der Waals surface area contributed by atoms with Crippen LogP contribution in [0.25, 0.3) is 0 Å². The minimum Gasteiger partial charge on any atom is -0.468 e. The molecule has 0 bridgehead atoms. The van der Waals surface area contributed by atoms with Gasteiger partial charge < -0.3 is 10.1 Å². The fourth-order valence-corrected chi connectivity index (χ4v) is 1.59.